The normalized spacial score (nSPS) is 24.2. The van der Waals surface area contributed by atoms with Gasteiger partial charge in [0.2, 0.25) is 0 Å². The second-order valence-corrected chi connectivity index (χ2v) is 7.37. The van der Waals surface area contributed by atoms with E-state index in [1.807, 2.05) is 12.5 Å². The summed E-state index contributed by atoms with van der Waals surface area (Å²) in [4.78, 5) is 6.97. The molecular formula is C18H32N4. The second-order valence-electron chi connectivity index (χ2n) is 7.37. The third kappa shape index (κ3) is 3.90. The monoisotopic (exact) mass is 304 g/mol. The van der Waals surface area contributed by atoms with Gasteiger partial charge in [-0.15, -0.1) is 0 Å². The van der Waals surface area contributed by atoms with Crippen molar-refractivity contribution in [2.75, 3.05) is 19.6 Å². The number of imidazole rings is 1. The van der Waals surface area contributed by atoms with E-state index < -0.39 is 0 Å². The van der Waals surface area contributed by atoms with Crippen LogP contribution in [0, 0.1) is 0 Å². The van der Waals surface area contributed by atoms with Crippen molar-refractivity contribution in [1.82, 2.24) is 19.8 Å². The molecule has 4 nitrogen and oxygen atoms in total. The third-order valence-corrected chi connectivity index (χ3v) is 5.63. The molecule has 1 N–H and O–H groups in total. The van der Waals surface area contributed by atoms with Gasteiger partial charge in [0, 0.05) is 37.1 Å². The summed E-state index contributed by atoms with van der Waals surface area (Å²) >= 11 is 0. The number of aromatic nitrogens is 2. The van der Waals surface area contributed by atoms with Gasteiger partial charge in [-0.25, -0.2) is 4.98 Å². The zero-order valence-corrected chi connectivity index (χ0v) is 14.1. The Kier molecular flexibility index (Phi) is 5.53. The number of rotatable bonds is 6. The van der Waals surface area contributed by atoms with E-state index in [9.17, 15) is 0 Å². The summed E-state index contributed by atoms with van der Waals surface area (Å²) in [6, 6.07) is 0.498. The van der Waals surface area contributed by atoms with Gasteiger partial charge in [0.05, 0.1) is 6.33 Å². The smallest absolute Gasteiger partial charge is 0.0946 e. The fourth-order valence-corrected chi connectivity index (χ4v) is 4.32. The Morgan fingerprint density at radius 1 is 1.09 bits per heavy atom. The molecule has 1 aromatic heterocycles. The summed E-state index contributed by atoms with van der Waals surface area (Å²) in [7, 11) is 0. The molecule has 2 heterocycles. The van der Waals surface area contributed by atoms with Crippen LogP contribution in [0.2, 0.25) is 0 Å². The Labute approximate surface area is 135 Å². The zero-order chi connectivity index (χ0) is 15.3. The van der Waals surface area contributed by atoms with Crippen molar-refractivity contribution >= 4 is 0 Å². The first-order valence-corrected chi connectivity index (χ1v) is 9.23. The summed E-state index contributed by atoms with van der Waals surface area (Å²) in [5, 5.41) is 3.84. The molecule has 0 spiro atoms. The Bertz CT molecular complexity index is 416. The number of nitrogens with zero attached hydrogens (tertiary/aromatic N) is 3. The summed E-state index contributed by atoms with van der Waals surface area (Å²) in [6.07, 6.45) is 17.1. The molecule has 0 aromatic carbocycles. The summed E-state index contributed by atoms with van der Waals surface area (Å²) < 4.78 is 2.17. The molecule has 22 heavy (non-hydrogen) atoms. The highest BCUT2D eigenvalue weighted by Gasteiger charge is 2.38. The maximum Gasteiger partial charge on any atom is 0.0946 e. The molecule has 1 aliphatic heterocycles. The minimum atomic E-state index is 0.432. The number of likely N-dealkylation sites (tertiary alicyclic amines) is 1. The molecule has 3 rings (SSSR count). The van der Waals surface area contributed by atoms with Crippen molar-refractivity contribution in [2.24, 2.45) is 0 Å². The molecule has 0 amide bonds. The summed E-state index contributed by atoms with van der Waals surface area (Å²) in [5.74, 6) is 0. The van der Waals surface area contributed by atoms with Crippen molar-refractivity contribution in [3.05, 3.63) is 18.7 Å². The lowest BCUT2D eigenvalue weighted by Crippen LogP contribution is -2.58. The molecule has 124 valence electrons. The van der Waals surface area contributed by atoms with Crippen LogP contribution in [0.5, 0.6) is 0 Å². The largest absolute Gasteiger partial charge is 0.336 e. The van der Waals surface area contributed by atoms with Crippen LogP contribution in [0.15, 0.2) is 18.7 Å². The van der Waals surface area contributed by atoms with Crippen LogP contribution in [-0.2, 0) is 6.54 Å². The van der Waals surface area contributed by atoms with E-state index >= 15 is 0 Å². The molecule has 0 bridgehead atoms. The SMILES string of the molecule is C[C@H](Cn1ccnc1)NCC1(N2CCCCC2)CCCCC1. The summed E-state index contributed by atoms with van der Waals surface area (Å²) in [5.41, 5.74) is 0.432. The van der Waals surface area contributed by atoms with E-state index in [4.69, 9.17) is 0 Å². The van der Waals surface area contributed by atoms with Gasteiger partial charge >= 0.3 is 0 Å². The van der Waals surface area contributed by atoms with Crippen molar-refractivity contribution in [3.8, 4) is 0 Å². The average molecular weight is 304 g/mol. The van der Waals surface area contributed by atoms with E-state index in [1.54, 1.807) is 0 Å². The number of hydrogen-bond donors (Lipinski definition) is 1. The maximum absolute atomic E-state index is 4.14. The Morgan fingerprint density at radius 2 is 1.82 bits per heavy atom. The van der Waals surface area contributed by atoms with Crippen molar-refractivity contribution < 1.29 is 0 Å². The number of hydrogen-bond acceptors (Lipinski definition) is 3. The zero-order valence-electron chi connectivity index (χ0n) is 14.1. The van der Waals surface area contributed by atoms with E-state index in [0.29, 0.717) is 11.6 Å². The lowest BCUT2D eigenvalue weighted by atomic mass is 9.79. The van der Waals surface area contributed by atoms with Gasteiger partial charge in [-0.3, -0.25) is 4.90 Å². The van der Waals surface area contributed by atoms with Crippen LogP contribution in [0.1, 0.15) is 58.3 Å². The minimum Gasteiger partial charge on any atom is -0.336 e. The molecule has 2 aliphatic rings. The lowest BCUT2D eigenvalue weighted by molar-refractivity contribution is 0.0314. The Hall–Kier alpha value is -0.870. The highest BCUT2D eigenvalue weighted by molar-refractivity contribution is 4.96. The molecule has 1 aliphatic carbocycles. The lowest BCUT2D eigenvalue weighted by Gasteiger charge is -2.49. The van der Waals surface area contributed by atoms with Crippen molar-refractivity contribution in [1.29, 1.82) is 0 Å². The molecule has 0 unspecified atom stereocenters. The quantitative estimate of drug-likeness (QED) is 0.877. The molecule has 0 radical (unpaired) electrons. The fraction of sp³-hybridized carbons (Fsp3) is 0.833. The van der Waals surface area contributed by atoms with E-state index in [1.165, 1.54) is 64.5 Å². The summed E-state index contributed by atoms with van der Waals surface area (Å²) in [6.45, 7) is 7.10. The number of piperidine rings is 1. The van der Waals surface area contributed by atoms with Crippen LogP contribution >= 0.6 is 0 Å². The van der Waals surface area contributed by atoms with Crippen molar-refractivity contribution in [2.45, 2.75) is 76.4 Å². The van der Waals surface area contributed by atoms with Crippen molar-refractivity contribution in [3.63, 3.8) is 0 Å². The Morgan fingerprint density at radius 3 is 2.50 bits per heavy atom. The molecule has 2 fully saturated rings. The highest BCUT2D eigenvalue weighted by Crippen LogP contribution is 2.35. The van der Waals surface area contributed by atoms with Gasteiger partial charge in [-0.1, -0.05) is 25.7 Å². The predicted molar refractivity (Wildman–Crippen MR) is 90.9 cm³/mol. The molecule has 1 aromatic rings. The topological polar surface area (TPSA) is 33.1 Å². The van der Waals surface area contributed by atoms with Crippen LogP contribution < -0.4 is 5.32 Å². The van der Waals surface area contributed by atoms with Gasteiger partial charge in [0.1, 0.15) is 0 Å². The molecule has 1 saturated carbocycles. The molecular weight excluding hydrogens is 272 g/mol. The van der Waals surface area contributed by atoms with Gasteiger partial charge in [-0.2, -0.15) is 0 Å². The first-order valence-electron chi connectivity index (χ1n) is 9.23. The van der Waals surface area contributed by atoms with Gasteiger partial charge in [0.15, 0.2) is 0 Å². The maximum atomic E-state index is 4.14. The van der Waals surface area contributed by atoms with Crippen LogP contribution in [0.3, 0.4) is 0 Å². The molecule has 1 saturated heterocycles. The van der Waals surface area contributed by atoms with E-state index in [-0.39, 0.29) is 0 Å². The van der Waals surface area contributed by atoms with Crippen LogP contribution in [0.4, 0.5) is 0 Å². The predicted octanol–water partition coefficient (Wildman–Crippen LogP) is 3.05. The minimum absolute atomic E-state index is 0.432. The van der Waals surface area contributed by atoms with Crippen LogP contribution in [-0.4, -0.2) is 45.7 Å². The first kappa shape index (κ1) is 16.0. The number of nitrogens with one attached hydrogen (secondary N) is 1. The standard InChI is InChI=1S/C18H32N4/c1-17(14-21-13-10-19-16-21)20-15-18(8-4-2-5-9-18)22-11-6-3-7-12-22/h10,13,16-17,20H,2-9,11-12,14-15H2,1H3/t17-/m1/s1. The average Bonchev–Trinajstić information content (AvgIpc) is 3.08. The van der Waals surface area contributed by atoms with E-state index in [0.717, 1.165) is 13.1 Å². The van der Waals surface area contributed by atoms with Gasteiger partial charge in [-0.05, 0) is 45.7 Å². The second kappa shape index (κ2) is 7.60. The van der Waals surface area contributed by atoms with Crippen LogP contribution in [0.25, 0.3) is 0 Å². The fourth-order valence-electron chi connectivity index (χ4n) is 4.32. The van der Waals surface area contributed by atoms with E-state index in [2.05, 4.69) is 32.9 Å². The highest BCUT2D eigenvalue weighted by atomic mass is 15.2. The molecule has 4 heteroatoms. The Balaban J connectivity index is 1.57. The van der Waals surface area contributed by atoms with Gasteiger partial charge < -0.3 is 9.88 Å². The first-order chi connectivity index (χ1) is 10.8. The third-order valence-electron chi connectivity index (χ3n) is 5.63. The van der Waals surface area contributed by atoms with Gasteiger partial charge in [0.25, 0.3) is 0 Å². The molecule has 1 atom stereocenters.